The zero-order valence-corrected chi connectivity index (χ0v) is 8.90. The SMILES string of the molecule is O=[N+]([O-])Sc1ccc(CC2CCO2)cc1. The zero-order valence-electron chi connectivity index (χ0n) is 8.09. The number of nitrogens with zero attached hydrogens (tertiary/aromatic N) is 1. The van der Waals surface area contributed by atoms with Gasteiger partial charge in [0.2, 0.25) is 0 Å². The molecule has 4 nitrogen and oxygen atoms in total. The van der Waals surface area contributed by atoms with E-state index < -0.39 is 4.33 Å². The van der Waals surface area contributed by atoms with Gasteiger partial charge in [-0.25, -0.2) is 0 Å². The first-order valence-corrected chi connectivity index (χ1v) is 5.54. The second kappa shape index (κ2) is 4.63. The molecule has 1 aliphatic rings. The second-order valence-electron chi connectivity index (χ2n) is 3.44. The maximum atomic E-state index is 10.2. The van der Waals surface area contributed by atoms with Crippen LogP contribution in [0.5, 0.6) is 0 Å². The van der Waals surface area contributed by atoms with Gasteiger partial charge in [-0.15, -0.1) is 0 Å². The molecule has 0 aromatic heterocycles. The Kier molecular flexibility index (Phi) is 3.23. The predicted molar refractivity (Wildman–Crippen MR) is 57.4 cm³/mol. The van der Waals surface area contributed by atoms with E-state index >= 15 is 0 Å². The summed E-state index contributed by atoms with van der Waals surface area (Å²) in [6.45, 7) is 0.861. The summed E-state index contributed by atoms with van der Waals surface area (Å²) in [5, 5.41) is 10.2. The van der Waals surface area contributed by atoms with Crippen molar-refractivity contribution in [2.75, 3.05) is 6.61 Å². The summed E-state index contributed by atoms with van der Waals surface area (Å²) in [5.41, 5.74) is 1.17. The van der Waals surface area contributed by atoms with Gasteiger partial charge in [-0.3, -0.25) is 10.1 Å². The fourth-order valence-corrected chi connectivity index (χ4v) is 1.91. The Hall–Kier alpha value is -1.07. The maximum Gasteiger partial charge on any atom is 0.265 e. The third kappa shape index (κ3) is 2.94. The highest BCUT2D eigenvalue weighted by Gasteiger charge is 2.18. The van der Waals surface area contributed by atoms with Crippen molar-refractivity contribution in [2.24, 2.45) is 0 Å². The number of hydrogen-bond acceptors (Lipinski definition) is 4. The topological polar surface area (TPSA) is 52.4 Å². The van der Waals surface area contributed by atoms with Crippen LogP contribution >= 0.6 is 11.9 Å². The molecule has 1 saturated heterocycles. The molecule has 80 valence electrons. The molecule has 1 aliphatic heterocycles. The molecule has 1 aromatic rings. The van der Waals surface area contributed by atoms with Gasteiger partial charge in [0.05, 0.1) is 11.0 Å². The van der Waals surface area contributed by atoms with E-state index in [0.717, 1.165) is 19.4 Å². The van der Waals surface area contributed by atoms with Crippen LogP contribution in [0.4, 0.5) is 0 Å². The summed E-state index contributed by atoms with van der Waals surface area (Å²) in [6, 6.07) is 7.41. The lowest BCUT2D eigenvalue weighted by Gasteiger charge is -2.26. The van der Waals surface area contributed by atoms with Gasteiger partial charge in [0.1, 0.15) is 4.33 Å². The smallest absolute Gasteiger partial charge is 0.265 e. The van der Waals surface area contributed by atoms with E-state index in [9.17, 15) is 10.1 Å². The molecule has 1 fully saturated rings. The van der Waals surface area contributed by atoms with E-state index in [4.69, 9.17) is 4.74 Å². The van der Waals surface area contributed by atoms with Crippen molar-refractivity contribution in [2.45, 2.75) is 23.8 Å². The normalized spacial score (nSPS) is 19.6. The van der Waals surface area contributed by atoms with Gasteiger partial charge in [0.25, 0.3) is 11.9 Å². The van der Waals surface area contributed by atoms with Crippen molar-refractivity contribution in [3.8, 4) is 0 Å². The molecule has 1 unspecified atom stereocenters. The van der Waals surface area contributed by atoms with Gasteiger partial charge >= 0.3 is 0 Å². The average molecular weight is 225 g/mol. The molecular weight excluding hydrogens is 214 g/mol. The highest BCUT2D eigenvalue weighted by Crippen LogP contribution is 2.21. The Morgan fingerprint density at radius 2 is 2.13 bits per heavy atom. The van der Waals surface area contributed by atoms with E-state index in [2.05, 4.69) is 0 Å². The molecule has 1 atom stereocenters. The maximum absolute atomic E-state index is 10.2. The van der Waals surface area contributed by atoms with E-state index in [0.29, 0.717) is 22.9 Å². The molecule has 1 heterocycles. The van der Waals surface area contributed by atoms with Crippen LogP contribution in [0.2, 0.25) is 0 Å². The van der Waals surface area contributed by atoms with E-state index in [-0.39, 0.29) is 0 Å². The van der Waals surface area contributed by atoms with Crippen LogP contribution in [0.25, 0.3) is 0 Å². The van der Waals surface area contributed by atoms with Gasteiger partial charge in [-0.2, -0.15) is 0 Å². The first-order chi connectivity index (χ1) is 7.24. The third-order valence-electron chi connectivity index (χ3n) is 2.36. The van der Waals surface area contributed by atoms with E-state index in [1.54, 1.807) is 12.1 Å². The Bertz CT molecular complexity index is 348. The molecule has 5 heteroatoms. The summed E-state index contributed by atoms with van der Waals surface area (Å²) >= 11 is 0.637. The number of hydrogen-bond donors (Lipinski definition) is 0. The molecule has 0 amide bonds. The summed E-state index contributed by atoms with van der Waals surface area (Å²) in [4.78, 5) is 10.9. The first kappa shape index (κ1) is 10.4. The monoisotopic (exact) mass is 225 g/mol. The molecule has 2 rings (SSSR count). The lowest BCUT2D eigenvalue weighted by Crippen LogP contribution is -2.28. The molecule has 0 saturated carbocycles. The molecule has 0 N–H and O–H groups in total. The number of ether oxygens (including phenoxy) is 1. The quantitative estimate of drug-likeness (QED) is 0.448. The highest BCUT2D eigenvalue weighted by atomic mass is 32.2. The van der Waals surface area contributed by atoms with Crippen molar-refractivity contribution >= 4 is 11.9 Å². The van der Waals surface area contributed by atoms with Crippen molar-refractivity contribution in [3.63, 3.8) is 0 Å². The fraction of sp³-hybridized carbons (Fsp3) is 0.400. The third-order valence-corrected chi connectivity index (χ3v) is 2.99. The number of benzene rings is 1. The molecular formula is C10H11NO3S. The molecule has 15 heavy (non-hydrogen) atoms. The van der Waals surface area contributed by atoms with Gasteiger partial charge in [-0.1, -0.05) is 12.1 Å². The largest absolute Gasteiger partial charge is 0.378 e. The van der Waals surface area contributed by atoms with E-state index in [1.807, 2.05) is 12.1 Å². The van der Waals surface area contributed by atoms with Crippen LogP contribution in [0.3, 0.4) is 0 Å². The highest BCUT2D eigenvalue weighted by molar-refractivity contribution is 7.93. The standard InChI is InChI=1S/C10H11NO3S/c12-11(13)15-10-3-1-8(2-4-10)7-9-5-6-14-9/h1-4,9H,5-7H2. The van der Waals surface area contributed by atoms with Crippen LogP contribution < -0.4 is 0 Å². The van der Waals surface area contributed by atoms with Crippen LogP contribution in [0.1, 0.15) is 12.0 Å². The minimum absolute atomic E-state index is 0.346. The molecule has 0 aliphatic carbocycles. The zero-order chi connectivity index (χ0) is 10.7. The Labute approximate surface area is 91.9 Å². The molecule has 0 bridgehead atoms. The minimum Gasteiger partial charge on any atom is -0.378 e. The summed E-state index contributed by atoms with van der Waals surface area (Å²) in [7, 11) is 0. The van der Waals surface area contributed by atoms with Gasteiger partial charge in [0, 0.05) is 6.61 Å². The summed E-state index contributed by atoms with van der Waals surface area (Å²) in [6.07, 6.45) is 2.37. The van der Waals surface area contributed by atoms with E-state index in [1.165, 1.54) is 5.56 Å². The van der Waals surface area contributed by atoms with Crippen LogP contribution in [-0.2, 0) is 11.2 Å². The lowest BCUT2D eigenvalue weighted by molar-refractivity contribution is -0.284. The number of nitro groups is 1. The van der Waals surface area contributed by atoms with Gasteiger partial charge < -0.3 is 4.74 Å². The van der Waals surface area contributed by atoms with Crippen molar-refractivity contribution in [3.05, 3.63) is 39.9 Å². The van der Waals surface area contributed by atoms with Crippen LogP contribution in [-0.4, -0.2) is 17.0 Å². The van der Waals surface area contributed by atoms with Crippen molar-refractivity contribution in [1.82, 2.24) is 0 Å². The fourth-order valence-electron chi connectivity index (χ4n) is 1.48. The second-order valence-corrected chi connectivity index (χ2v) is 4.40. The summed E-state index contributed by atoms with van der Waals surface area (Å²) < 4.78 is 4.92. The Morgan fingerprint density at radius 1 is 1.47 bits per heavy atom. The summed E-state index contributed by atoms with van der Waals surface area (Å²) in [5.74, 6) is 0. The van der Waals surface area contributed by atoms with Gasteiger partial charge in [0.15, 0.2) is 0 Å². The molecule has 1 aromatic carbocycles. The number of rotatable bonds is 4. The van der Waals surface area contributed by atoms with Crippen LogP contribution in [0, 0.1) is 10.1 Å². The van der Waals surface area contributed by atoms with Crippen molar-refractivity contribution in [1.29, 1.82) is 0 Å². The average Bonchev–Trinajstić information content (AvgIpc) is 2.13. The Balaban J connectivity index is 1.93. The first-order valence-electron chi connectivity index (χ1n) is 4.77. The van der Waals surface area contributed by atoms with Crippen molar-refractivity contribution < 1.29 is 9.07 Å². The van der Waals surface area contributed by atoms with Gasteiger partial charge in [-0.05, 0) is 30.5 Å². The Morgan fingerprint density at radius 3 is 2.60 bits per heavy atom. The predicted octanol–water partition coefficient (Wildman–Crippen LogP) is 2.30. The lowest BCUT2D eigenvalue weighted by atomic mass is 10.0. The molecule has 0 radical (unpaired) electrons. The minimum atomic E-state index is -0.399. The van der Waals surface area contributed by atoms with Crippen LogP contribution in [0.15, 0.2) is 29.2 Å². The molecule has 0 spiro atoms.